The van der Waals surface area contributed by atoms with Gasteiger partial charge >= 0.3 is 6.03 Å². The smallest absolute Gasteiger partial charge is 0.315 e. The van der Waals surface area contributed by atoms with Crippen LogP contribution in [-0.2, 0) is 32.0 Å². The van der Waals surface area contributed by atoms with Gasteiger partial charge in [-0.25, -0.2) is 4.79 Å². The molecule has 1 saturated heterocycles. The zero-order chi connectivity index (χ0) is 32.2. The Morgan fingerprint density at radius 3 is 2.27 bits per heavy atom. The van der Waals surface area contributed by atoms with Crippen molar-refractivity contribution in [1.29, 1.82) is 0 Å². The van der Waals surface area contributed by atoms with E-state index in [0.717, 1.165) is 17.5 Å². The second-order valence-electron chi connectivity index (χ2n) is 13.0. The molecule has 10 heteroatoms. The molecule has 10 nitrogen and oxygen atoms in total. The van der Waals surface area contributed by atoms with Crippen molar-refractivity contribution in [3.63, 3.8) is 0 Å². The topological polar surface area (TPSA) is 137 Å². The number of Topliss-reactive ketones (excluding diaryl/α,β-unsaturated/α-hetero) is 1. The van der Waals surface area contributed by atoms with Crippen molar-refractivity contribution in [3.8, 4) is 0 Å². The Kier molecular flexibility index (Phi) is 10.3. The highest BCUT2D eigenvalue weighted by molar-refractivity contribution is 6.38. The third-order valence-electron chi connectivity index (χ3n) is 9.78. The van der Waals surface area contributed by atoms with Gasteiger partial charge in [-0.2, -0.15) is 0 Å². The van der Waals surface area contributed by atoms with Crippen LogP contribution in [-0.4, -0.2) is 71.7 Å². The summed E-state index contributed by atoms with van der Waals surface area (Å²) in [6.07, 6.45) is 5.72. The van der Waals surface area contributed by atoms with Gasteiger partial charge in [0.05, 0.1) is 6.04 Å². The third-order valence-corrected chi connectivity index (χ3v) is 9.78. The lowest BCUT2D eigenvalue weighted by Gasteiger charge is -2.35. The van der Waals surface area contributed by atoms with E-state index >= 15 is 0 Å². The molecule has 4 N–H and O–H groups in total. The summed E-state index contributed by atoms with van der Waals surface area (Å²) in [5.74, 6) is -2.50. The number of hydrogen-bond acceptors (Lipinski definition) is 5. The van der Waals surface area contributed by atoms with Crippen LogP contribution in [0.15, 0.2) is 49.6 Å². The molecule has 2 aliphatic carbocycles. The van der Waals surface area contributed by atoms with E-state index in [9.17, 15) is 24.0 Å². The molecule has 6 atom stereocenters. The zero-order valence-corrected chi connectivity index (χ0v) is 26.4. The first-order valence-electron chi connectivity index (χ1n) is 15.7. The molecule has 3 aliphatic rings. The second kappa shape index (κ2) is 13.8. The summed E-state index contributed by atoms with van der Waals surface area (Å²) in [5, 5.41) is 11.2. The molecule has 1 heterocycles. The quantitative estimate of drug-likeness (QED) is 0.191. The van der Waals surface area contributed by atoms with Gasteiger partial charge in [0.25, 0.3) is 5.91 Å². The largest absolute Gasteiger partial charge is 0.346 e. The molecule has 1 aliphatic heterocycles. The lowest BCUT2D eigenvalue weighted by molar-refractivity contribution is -0.144. The Labute approximate surface area is 260 Å². The van der Waals surface area contributed by atoms with Crippen LogP contribution in [0.1, 0.15) is 58.1 Å². The molecule has 238 valence electrons. The predicted molar refractivity (Wildman–Crippen MR) is 168 cm³/mol. The Morgan fingerprint density at radius 2 is 1.68 bits per heavy atom. The molecule has 0 radical (unpaired) electrons. The maximum atomic E-state index is 14.4. The molecule has 44 heavy (non-hydrogen) atoms. The van der Waals surface area contributed by atoms with E-state index in [1.807, 2.05) is 38.1 Å². The molecule has 2 unspecified atom stereocenters. The highest BCUT2D eigenvalue weighted by Gasteiger charge is 2.69. The average Bonchev–Trinajstić information content (AvgIpc) is 3.37. The maximum absolute atomic E-state index is 14.4. The number of ketones is 1. The Balaban J connectivity index is 1.58. The van der Waals surface area contributed by atoms with Crippen molar-refractivity contribution < 1.29 is 24.0 Å². The Bertz CT molecular complexity index is 1280. The first-order chi connectivity index (χ1) is 20.9. The van der Waals surface area contributed by atoms with Crippen LogP contribution in [0.5, 0.6) is 0 Å². The van der Waals surface area contributed by atoms with E-state index in [1.54, 1.807) is 11.0 Å². The number of carbonyl (C=O) groups excluding carboxylic acids is 5. The molecule has 0 bridgehead atoms. The van der Waals surface area contributed by atoms with Gasteiger partial charge in [0.2, 0.25) is 17.6 Å². The zero-order valence-electron chi connectivity index (χ0n) is 26.4. The van der Waals surface area contributed by atoms with Gasteiger partial charge in [0.1, 0.15) is 12.1 Å². The number of rotatable bonds is 14. The lowest BCUT2D eigenvalue weighted by atomic mass is 9.93. The van der Waals surface area contributed by atoms with Crippen LogP contribution in [0.25, 0.3) is 0 Å². The number of nitrogens with one attached hydrogen (secondary N) is 4. The third kappa shape index (κ3) is 6.89. The molecule has 0 spiro atoms. The second-order valence-corrected chi connectivity index (χ2v) is 13.0. The average molecular weight is 606 g/mol. The monoisotopic (exact) mass is 605 g/mol. The predicted octanol–water partition coefficient (Wildman–Crippen LogP) is 2.67. The summed E-state index contributed by atoms with van der Waals surface area (Å²) >= 11 is 0. The van der Waals surface area contributed by atoms with E-state index in [-0.39, 0.29) is 48.1 Å². The number of amides is 5. The number of benzene rings is 1. The number of piperidine rings is 1. The minimum absolute atomic E-state index is 0.0704. The number of carbonyl (C=O) groups is 5. The fourth-order valence-electron chi connectivity index (χ4n) is 6.93. The van der Waals surface area contributed by atoms with Crippen molar-refractivity contribution in [2.24, 2.45) is 23.2 Å². The molecule has 1 aromatic rings. The van der Waals surface area contributed by atoms with E-state index in [1.165, 1.54) is 6.08 Å². The molecular formula is C34H47N5O5. The molecule has 5 amide bonds. The summed E-state index contributed by atoms with van der Waals surface area (Å²) in [5.41, 5.74) is 2.14. The van der Waals surface area contributed by atoms with Gasteiger partial charge in [-0.05, 0) is 73.3 Å². The van der Waals surface area contributed by atoms with Gasteiger partial charge in [-0.3, -0.25) is 19.2 Å². The van der Waals surface area contributed by atoms with Crippen LogP contribution < -0.4 is 21.3 Å². The first kappa shape index (κ1) is 33.0. The summed E-state index contributed by atoms with van der Waals surface area (Å²) in [6, 6.07) is 4.81. The van der Waals surface area contributed by atoms with Crippen LogP contribution in [0.2, 0.25) is 0 Å². The van der Waals surface area contributed by atoms with Crippen LogP contribution in [0.3, 0.4) is 0 Å². The normalized spacial score (nSPS) is 23.3. The van der Waals surface area contributed by atoms with Crippen LogP contribution >= 0.6 is 0 Å². The van der Waals surface area contributed by atoms with Crippen molar-refractivity contribution >= 4 is 29.5 Å². The van der Waals surface area contributed by atoms with Crippen molar-refractivity contribution in [2.45, 2.75) is 84.0 Å². The fraction of sp³-hybridized carbons (Fsp3) is 0.559. The fourth-order valence-corrected chi connectivity index (χ4v) is 6.93. The first-order valence-corrected chi connectivity index (χ1v) is 15.7. The van der Waals surface area contributed by atoms with Crippen molar-refractivity contribution in [3.05, 3.63) is 60.7 Å². The molecule has 1 saturated carbocycles. The standard InChI is InChI=1S/C34H47N5O5/c1-7-10-15-25(29(40)31(42)35-16-8-2)37-30(41)28-26-24(34(26,5)6)19-39(28)32(43)27(38-33(44)36-20(4)9-3)23-17-21-13-11-12-14-22(21)18-23/h7-8,11-14,20,23-28H,1-2,9-10,15-19H2,3-6H3,(H,35,42)(H,37,41)(H2,36,38,44)/t20?,24-,25?,26-,27+,28+/m1/s1. The van der Waals surface area contributed by atoms with Gasteiger partial charge in [-0.15, -0.1) is 13.2 Å². The molecule has 0 aromatic heterocycles. The minimum Gasteiger partial charge on any atom is -0.346 e. The van der Waals surface area contributed by atoms with Gasteiger partial charge < -0.3 is 26.2 Å². The number of likely N-dealkylation sites (tertiary alicyclic amines) is 1. The summed E-state index contributed by atoms with van der Waals surface area (Å²) in [6.45, 7) is 15.8. The van der Waals surface area contributed by atoms with Gasteiger partial charge in [0.15, 0.2) is 0 Å². The number of fused-ring (bicyclic) bond motifs is 2. The van der Waals surface area contributed by atoms with Gasteiger partial charge in [-0.1, -0.05) is 57.2 Å². The van der Waals surface area contributed by atoms with Crippen LogP contribution in [0.4, 0.5) is 4.79 Å². The number of hydrogen-bond donors (Lipinski definition) is 4. The summed E-state index contributed by atoms with van der Waals surface area (Å²) in [7, 11) is 0. The molecular weight excluding hydrogens is 558 g/mol. The number of urea groups is 1. The minimum atomic E-state index is -1.07. The van der Waals surface area contributed by atoms with E-state index in [2.05, 4.69) is 48.3 Å². The number of allylic oxidation sites excluding steroid dienone is 1. The van der Waals surface area contributed by atoms with Crippen molar-refractivity contribution in [2.75, 3.05) is 13.1 Å². The molecule has 2 fully saturated rings. The SMILES string of the molecule is C=CCCC(NC(=O)[C@@H]1[C@H]2[C@@H](CN1C(=O)[C@@H](NC(=O)NC(C)CC)C1Cc3ccccc3C1)C2(C)C)C(=O)C(=O)NCC=C. The Hall–Kier alpha value is -3.95. The maximum Gasteiger partial charge on any atom is 0.315 e. The van der Waals surface area contributed by atoms with E-state index in [0.29, 0.717) is 25.8 Å². The Morgan fingerprint density at radius 1 is 1.02 bits per heavy atom. The number of nitrogens with zero attached hydrogens (tertiary/aromatic N) is 1. The molecule has 4 rings (SSSR count). The van der Waals surface area contributed by atoms with Gasteiger partial charge in [0, 0.05) is 19.1 Å². The summed E-state index contributed by atoms with van der Waals surface area (Å²) < 4.78 is 0. The van der Waals surface area contributed by atoms with E-state index in [4.69, 9.17) is 0 Å². The van der Waals surface area contributed by atoms with Crippen LogP contribution in [0, 0.1) is 23.2 Å². The summed E-state index contributed by atoms with van der Waals surface area (Å²) in [4.78, 5) is 68.6. The highest BCUT2D eigenvalue weighted by Crippen LogP contribution is 2.65. The highest BCUT2D eigenvalue weighted by atomic mass is 16.2. The van der Waals surface area contributed by atoms with Crippen molar-refractivity contribution in [1.82, 2.24) is 26.2 Å². The molecule has 1 aromatic carbocycles. The lowest BCUT2D eigenvalue weighted by Crippen LogP contribution is -2.60. The van der Waals surface area contributed by atoms with E-state index < -0.39 is 41.8 Å².